The molecule has 3 heteroatoms. The molecule has 2 saturated heterocycles. The number of nitrogens with one attached hydrogen (secondary N) is 1. The second kappa shape index (κ2) is 5.99. The number of nitrogens with zero attached hydrogens (tertiary/aromatic N) is 1. The summed E-state index contributed by atoms with van der Waals surface area (Å²) in [5.41, 5.74) is 0. The third kappa shape index (κ3) is 3.44. The summed E-state index contributed by atoms with van der Waals surface area (Å²) in [7, 11) is 0. The first-order valence-corrected chi connectivity index (χ1v) is 6.79. The van der Waals surface area contributed by atoms with Gasteiger partial charge in [-0.25, -0.2) is 0 Å². The van der Waals surface area contributed by atoms with Gasteiger partial charge in [-0.2, -0.15) is 0 Å². The Morgan fingerprint density at radius 2 is 2.06 bits per heavy atom. The van der Waals surface area contributed by atoms with Crippen LogP contribution in [0, 0.1) is 11.8 Å². The zero-order chi connectivity index (χ0) is 11.4. The minimum atomic E-state index is 0.689. The lowest BCUT2D eigenvalue weighted by Gasteiger charge is -2.38. The van der Waals surface area contributed by atoms with E-state index in [1.165, 1.54) is 32.5 Å². The van der Waals surface area contributed by atoms with Gasteiger partial charge < -0.3 is 15.0 Å². The SMILES string of the molecule is CC(C)C1CN(CC2CCOCC2)CCN1. The second-order valence-electron chi connectivity index (χ2n) is 5.62. The van der Waals surface area contributed by atoms with E-state index >= 15 is 0 Å². The zero-order valence-corrected chi connectivity index (χ0v) is 10.7. The Morgan fingerprint density at radius 3 is 2.75 bits per heavy atom. The van der Waals surface area contributed by atoms with Gasteiger partial charge in [-0.3, -0.25) is 0 Å². The van der Waals surface area contributed by atoms with Gasteiger partial charge in [0.15, 0.2) is 0 Å². The minimum absolute atomic E-state index is 0.689. The molecule has 94 valence electrons. The molecule has 0 radical (unpaired) electrons. The third-order valence-electron chi connectivity index (χ3n) is 3.95. The monoisotopic (exact) mass is 226 g/mol. The number of ether oxygens (including phenoxy) is 1. The predicted octanol–water partition coefficient (Wildman–Crippen LogP) is 1.34. The predicted molar refractivity (Wildman–Crippen MR) is 66.6 cm³/mol. The molecule has 1 atom stereocenters. The summed E-state index contributed by atoms with van der Waals surface area (Å²) in [6, 6.07) is 0.689. The van der Waals surface area contributed by atoms with Crippen molar-refractivity contribution in [3.05, 3.63) is 0 Å². The molecule has 0 aromatic rings. The molecule has 1 N–H and O–H groups in total. The van der Waals surface area contributed by atoms with Gasteiger partial charge in [0, 0.05) is 45.4 Å². The summed E-state index contributed by atoms with van der Waals surface area (Å²) < 4.78 is 5.42. The Bertz CT molecular complexity index is 202. The van der Waals surface area contributed by atoms with E-state index in [1.54, 1.807) is 0 Å². The van der Waals surface area contributed by atoms with Crippen molar-refractivity contribution in [2.45, 2.75) is 32.7 Å². The third-order valence-corrected chi connectivity index (χ3v) is 3.95. The van der Waals surface area contributed by atoms with Gasteiger partial charge in [0.2, 0.25) is 0 Å². The maximum Gasteiger partial charge on any atom is 0.0469 e. The largest absolute Gasteiger partial charge is 0.381 e. The Balaban J connectivity index is 1.75. The standard InChI is InChI=1S/C13H26N2O/c1-11(2)13-10-15(6-5-14-13)9-12-3-7-16-8-4-12/h11-14H,3-10H2,1-2H3. The highest BCUT2D eigenvalue weighted by Crippen LogP contribution is 2.17. The van der Waals surface area contributed by atoms with Crippen LogP contribution in [0.1, 0.15) is 26.7 Å². The fourth-order valence-corrected chi connectivity index (χ4v) is 2.75. The summed E-state index contributed by atoms with van der Waals surface area (Å²) in [5.74, 6) is 1.62. The van der Waals surface area contributed by atoms with Crippen LogP contribution in [0.3, 0.4) is 0 Å². The van der Waals surface area contributed by atoms with Crippen LogP contribution in [-0.4, -0.2) is 50.3 Å². The quantitative estimate of drug-likeness (QED) is 0.786. The number of hydrogen-bond acceptors (Lipinski definition) is 3. The van der Waals surface area contributed by atoms with Crippen molar-refractivity contribution in [1.29, 1.82) is 0 Å². The highest BCUT2D eigenvalue weighted by atomic mass is 16.5. The van der Waals surface area contributed by atoms with E-state index < -0.39 is 0 Å². The molecule has 0 bridgehead atoms. The molecular weight excluding hydrogens is 200 g/mol. The van der Waals surface area contributed by atoms with Gasteiger partial charge in [-0.05, 0) is 24.7 Å². The summed E-state index contributed by atoms with van der Waals surface area (Å²) in [4.78, 5) is 2.65. The zero-order valence-electron chi connectivity index (χ0n) is 10.7. The van der Waals surface area contributed by atoms with Gasteiger partial charge >= 0.3 is 0 Å². The van der Waals surface area contributed by atoms with E-state index in [4.69, 9.17) is 4.74 Å². The first-order valence-electron chi connectivity index (χ1n) is 6.79. The Morgan fingerprint density at radius 1 is 1.31 bits per heavy atom. The fraction of sp³-hybridized carbons (Fsp3) is 1.00. The molecule has 2 aliphatic rings. The second-order valence-corrected chi connectivity index (χ2v) is 5.62. The van der Waals surface area contributed by atoms with Crippen LogP contribution in [-0.2, 0) is 4.74 Å². The van der Waals surface area contributed by atoms with Crippen LogP contribution >= 0.6 is 0 Å². The van der Waals surface area contributed by atoms with Crippen molar-refractivity contribution in [2.24, 2.45) is 11.8 Å². The van der Waals surface area contributed by atoms with Gasteiger partial charge in [0.25, 0.3) is 0 Å². The van der Waals surface area contributed by atoms with Gasteiger partial charge in [-0.15, -0.1) is 0 Å². The molecule has 0 aromatic carbocycles. The average molecular weight is 226 g/mol. The summed E-state index contributed by atoms with van der Waals surface area (Å²) in [6.07, 6.45) is 2.52. The lowest BCUT2D eigenvalue weighted by atomic mass is 9.97. The molecule has 16 heavy (non-hydrogen) atoms. The molecule has 2 rings (SSSR count). The molecule has 0 saturated carbocycles. The molecular formula is C13H26N2O. The molecule has 0 spiro atoms. The molecule has 2 fully saturated rings. The van der Waals surface area contributed by atoms with Gasteiger partial charge in [0.1, 0.15) is 0 Å². The van der Waals surface area contributed by atoms with E-state index in [9.17, 15) is 0 Å². The topological polar surface area (TPSA) is 24.5 Å². The van der Waals surface area contributed by atoms with Crippen LogP contribution in [0.5, 0.6) is 0 Å². The first kappa shape index (κ1) is 12.3. The van der Waals surface area contributed by atoms with Crippen molar-refractivity contribution in [3.63, 3.8) is 0 Å². The molecule has 0 aliphatic carbocycles. The first-order chi connectivity index (χ1) is 7.75. The van der Waals surface area contributed by atoms with Crippen LogP contribution in [0.4, 0.5) is 0 Å². The van der Waals surface area contributed by atoms with E-state index in [2.05, 4.69) is 24.1 Å². The molecule has 0 aromatic heterocycles. The van der Waals surface area contributed by atoms with Gasteiger partial charge in [-0.1, -0.05) is 13.8 Å². The Kier molecular flexibility index (Phi) is 4.62. The molecule has 0 amide bonds. The van der Waals surface area contributed by atoms with Crippen LogP contribution in [0.25, 0.3) is 0 Å². The molecule has 3 nitrogen and oxygen atoms in total. The van der Waals surface area contributed by atoms with Crippen molar-refractivity contribution < 1.29 is 4.74 Å². The van der Waals surface area contributed by atoms with E-state index in [0.717, 1.165) is 31.6 Å². The van der Waals surface area contributed by atoms with Crippen LogP contribution in [0.2, 0.25) is 0 Å². The lowest BCUT2D eigenvalue weighted by molar-refractivity contribution is 0.0463. The minimum Gasteiger partial charge on any atom is -0.381 e. The smallest absolute Gasteiger partial charge is 0.0469 e. The van der Waals surface area contributed by atoms with E-state index in [1.807, 2.05) is 0 Å². The van der Waals surface area contributed by atoms with Crippen LogP contribution in [0.15, 0.2) is 0 Å². The van der Waals surface area contributed by atoms with Crippen molar-refractivity contribution in [2.75, 3.05) is 39.4 Å². The lowest BCUT2D eigenvalue weighted by Crippen LogP contribution is -2.53. The maximum absolute atomic E-state index is 5.42. The molecule has 2 aliphatic heterocycles. The molecule has 2 heterocycles. The van der Waals surface area contributed by atoms with Crippen molar-refractivity contribution in [1.82, 2.24) is 10.2 Å². The highest BCUT2D eigenvalue weighted by Gasteiger charge is 2.24. The molecule has 1 unspecified atom stereocenters. The summed E-state index contributed by atoms with van der Waals surface area (Å²) in [6.45, 7) is 11.5. The maximum atomic E-state index is 5.42. The number of piperazine rings is 1. The van der Waals surface area contributed by atoms with Crippen molar-refractivity contribution in [3.8, 4) is 0 Å². The number of rotatable bonds is 3. The van der Waals surface area contributed by atoms with E-state index in [0.29, 0.717) is 6.04 Å². The van der Waals surface area contributed by atoms with Crippen molar-refractivity contribution >= 4 is 0 Å². The number of hydrogen-bond donors (Lipinski definition) is 1. The highest BCUT2D eigenvalue weighted by molar-refractivity contribution is 4.82. The summed E-state index contributed by atoms with van der Waals surface area (Å²) >= 11 is 0. The average Bonchev–Trinajstić information content (AvgIpc) is 2.30. The van der Waals surface area contributed by atoms with E-state index in [-0.39, 0.29) is 0 Å². The summed E-state index contributed by atoms with van der Waals surface area (Å²) in [5, 5.41) is 3.62. The normalized spacial score (nSPS) is 29.8. The Hall–Kier alpha value is -0.120. The Labute approximate surface area is 99.5 Å². The fourth-order valence-electron chi connectivity index (χ4n) is 2.75. The van der Waals surface area contributed by atoms with Gasteiger partial charge in [0.05, 0.1) is 0 Å². The van der Waals surface area contributed by atoms with Crippen LogP contribution < -0.4 is 5.32 Å².